The maximum Gasteiger partial charge on any atom is 0.263 e. The smallest absolute Gasteiger partial charge is 0.263 e. The number of rotatable bonds is 5. The molecule has 31 heavy (non-hydrogen) atoms. The summed E-state index contributed by atoms with van der Waals surface area (Å²) in [5.74, 6) is -0.0642. The molecule has 2 aliphatic heterocycles. The van der Waals surface area contributed by atoms with Crippen molar-refractivity contribution in [3.05, 3.63) is 47.3 Å². The molecule has 0 saturated carbocycles. The maximum absolute atomic E-state index is 12.8. The number of hydrogen-bond donors (Lipinski definition) is 2. The maximum atomic E-state index is 12.8. The second kappa shape index (κ2) is 8.34. The number of fused-ring (bicyclic) bond motifs is 1. The minimum Gasteiger partial charge on any atom is -0.341 e. The van der Waals surface area contributed by atoms with Gasteiger partial charge in [-0.3, -0.25) is 14.5 Å². The number of nitrogens with zero attached hydrogens (tertiary/aromatic N) is 2. The first-order chi connectivity index (χ1) is 14.7. The number of hydrogen-bond acceptors (Lipinski definition) is 7. The zero-order valence-corrected chi connectivity index (χ0v) is 19.1. The van der Waals surface area contributed by atoms with E-state index in [9.17, 15) is 21.6 Å². The summed E-state index contributed by atoms with van der Waals surface area (Å²) in [6.07, 6.45) is 0.990. The Morgan fingerprint density at radius 2 is 1.94 bits per heavy atom. The van der Waals surface area contributed by atoms with Crippen LogP contribution in [-0.2, 0) is 24.8 Å². The molecular weight excluding hydrogens is 460 g/mol. The van der Waals surface area contributed by atoms with Gasteiger partial charge in [0.05, 0.1) is 4.90 Å². The van der Waals surface area contributed by atoms with Crippen molar-refractivity contribution in [1.82, 2.24) is 14.3 Å². The Balaban J connectivity index is 1.39. The highest BCUT2D eigenvalue weighted by Crippen LogP contribution is 2.23. The number of sulfonamides is 2. The van der Waals surface area contributed by atoms with E-state index in [1.807, 2.05) is 0 Å². The number of thiophene rings is 1. The molecule has 12 heteroatoms. The molecule has 0 aliphatic carbocycles. The van der Waals surface area contributed by atoms with E-state index in [1.165, 1.54) is 6.07 Å². The fourth-order valence-corrected chi connectivity index (χ4v) is 7.21. The molecule has 1 fully saturated rings. The number of carbonyl (C=O) groups excluding carboxylic acids is 1. The average Bonchev–Trinajstić information content (AvgIpc) is 3.36. The van der Waals surface area contributed by atoms with Crippen LogP contribution in [0.1, 0.15) is 25.3 Å². The molecule has 166 valence electrons. The number of likely N-dealkylation sites (tertiary alicyclic amines) is 1. The standard InChI is InChI=1S/C19H22N4O5S3/c1-13(20-18-15-5-2-3-6-16(15)30(25,26)22-18)19(24)23-10-8-14(9-11-23)21-31(27,28)17-7-4-12-29-17/h2-7,12-14,21H,8-11H2,1H3,(H,20,22)/t13-/m0/s1. The highest BCUT2D eigenvalue weighted by molar-refractivity contribution is 7.91. The van der Waals surface area contributed by atoms with Crippen LogP contribution >= 0.6 is 11.3 Å². The molecule has 1 atom stereocenters. The van der Waals surface area contributed by atoms with Gasteiger partial charge in [0, 0.05) is 24.7 Å². The van der Waals surface area contributed by atoms with Crippen molar-refractivity contribution in [2.75, 3.05) is 13.1 Å². The van der Waals surface area contributed by atoms with Gasteiger partial charge in [-0.15, -0.1) is 11.3 Å². The third kappa shape index (κ3) is 4.52. The van der Waals surface area contributed by atoms with E-state index in [2.05, 4.69) is 14.4 Å². The van der Waals surface area contributed by atoms with Crippen LogP contribution in [0.2, 0.25) is 0 Å². The first-order valence-electron chi connectivity index (χ1n) is 9.72. The van der Waals surface area contributed by atoms with Gasteiger partial charge in [-0.1, -0.05) is 18.2 Å². The molecule has 1 aromatic heterocycles. The van der Waals surface area contributed by atoms with Crippen molar-refractivity contribution in [2.45, 2.75) is 41.0 Å². The summed E-state index contributed by atoms with van der Waals surface area (Å²) in [6.45, 7) is 2.41. The highest BCUT2D eigenvalue weighted by atomic mass is 32.2. The molecule has 1 aromatic carbocycles. The van der Waals surface area contributed by atoms with Gasteiger partial charge in [0.15, 0.2) is 0 Å². The van der Waals surface area contributed by atoms with Crippen LogP contribution in [0.3, 0.4) is 0 Å². The Labute approximate surface area is 185 Å². The molecule has 0 unspecified atom stereocenters. The molecule has 2 N–H and O–H groups in total. The van der Waals surface area contributed by atoms with E-state index < -0.39 is 26.1 Å². The summed E-state index contributed by atoms with van der Waals surface area (Å²) in [5, 5.41) is 1.71. The van der Waals surface area contributed by atoms with Crippen molar-refractivity contribution in [3.63, 3.8) is 0 Å². The van der Waals surface area contributed by atoms with Gasteiger partial charge < -0.3 is 4.90 Å². The van der Waals surface area contributed by atoms with Gasteiger partial charge in [0.2, 0.25) is 15.9 Å². The lowest BCUT2D eigenvalue weighted by Gasteiger charge is -2.33. The number of benzene rings is 1. The topological polar surface area (TPSA) is 125 Å². The third-order valence-electron chi connectivity index (χ3n) is 5.23. The Morgan fingerprint density at radius 3 is 2.61 bits per heavy atom. The first kappa shape index (κ1) is 21.9. The van der Waals surface area contributed by atoms with Crippen LogP contribution < -0.4 is 9.44 Å². The van der Waals surface area contributed by atoms with E-state index >= 15 is 0 Å². The van der Waals surface area contributed by atoms with Crippen LogP contribution in [0.15, 0.2) is 55.9 Å². The molecule has 1 saturated heterocycles. The molecule has 4 rings (SSSR count). The second-order valence-corrected chi connectivity index (χ2v) is 11.9. The van der Waals surface area contributed by atoms with Gasteiger partial charge in [0.25, 0.3) is 10.0 Å². The molecule has 0 radical (unpaired) electrons. The van der Waals surface area contributed by atoms with Crippen LogP contribution in [0.25, 0.3) is 0 Å². The summed E-state index contributed by atoms with van der Waals surface area (Å²) in [7, 11) is -7.21. The lowest BCUT2D eigenvalue weighted by atomic mass is 10.1. The summed E-state index contributed by atoms with van der Waals surface area (Å²) < 4.78 is 54.6. The lowest BCUT2D eigenvalue weighted by Crippen LogP contribution is -2.48. The summed E-state index contributed by atoms with van der Waals surface area (Å²) in [6, 6.07) is 8.71. The third-order valence-corrected chi connectivity index (χ3v) is 9.55. The monoisotopic (exact) mass is 482 g/mol. The highest BCUT2D eigenvalue weighted by Gasteiger charge is 2.33. The number of amidine groups is 1. The van der Waals surface area contributed by atoms with Crippen molar-refractivity contribution >= 4 is 43.1 Å². The number of carbonyl (C=O) groups is 1. The summed E-state index contributed by atoms with van der Waals surface area (Å²) in [5.41, 5.74) is 0.448. The van der Waals surface area contributed by atoms with Crippen LogP contribution in [0.4, 0.5) is 0 Å². The zero-order chi connectivity index (χ0) is 22.2. The molecule has 1 amide bonds. The van der Waals surface area contributed by atoms with Gasteiger partial charge in [-0.05, 0) is 43.3 Å². The summed E-state index contributed by atoms with van der Waals surface area (Å²) in [4.78, 5) is 19.0. The van der Waals surface area contributed by atoms with E-state index in [0.717, 1.165) is 11.3 Å². The Morgan fingerprint density at radius 1 is 1.23 bits per heavy atom. The zero-order valence-electron chi connectivity index (χ0n) is 16.7. The predicted octanol–water partition coefficient (Wildman–Crippen LogP) is 1.14. The molecule has 3 heterocycles. The van der Waals surface area contributed by atoms with Crippen molar-refractivity contribution in [1.29, 1.82) is 0 Å². The second-order valence-electron chi connectivity index (χ2n) is 7.41. The van der Waals surface area contributed by atoms with Gasteiger partial charge in [-0.2, -0.15) is 0 Å². The lowest BCUT2D eigenvalue weighted by molar-refractivity contribution is -0.133. The van der Waals surface area contributed by atoms with Crippen molar-refractivity contribution < 1.29 is 21.6 Å². The Kier molecular flexibility index (Phi) is 5.90. The van der Waals surface area contributed by atoms with Crippen LogP contribution in [-0.4, -0.2) is 58.7 Å². The van der Waals surface area contributed by atoms with Crippen molar-refractivity contribution in [2.24, 2.45) is 4.99 Å². The van der Waals surface area contributed by atoms with E-state index in [-0.39, 0.29) is 26.9 Å². The molecule has 2 aliphatic rings. The molecule has 9 nitrogen and oxygen atoms in total. The number of aliphatic imine (C=N–C) groups is 1. The largest absolute Gasteiger partial charge is 0.341 e. The molecule has 0 bridgehead atoms. The van der Waals surface area contributed by atoms with E-state index in [1.54, 1.807) is 47.5 Å². The number of nitrogens with one attached hydrogen (secondary N) is 2. The predicted molar refractivity (Wildman–Crippen MR) is 117 cm³/mol. The molecule has 0 spiro atoms. The SMILES string of the molecule is C[C@H](N=C1NS(=O)(=O)c2ccccc21)C(=O)N1CCC(NS(=O)(=O)c2cccs2)CC1. The molecular formula is C19H22N4O5S3. The van der Waals surface area contributed by atoms with Gasteiger partial charge >= 0.3 is 0 Å². The first-order valence-corrected chi connectivity index (χ1v) is 13.6. The van der Waals surface area contributed by atoms with Gasteiger partial charge in [-0.25, -0.2) is 21.6 Å². The minimum atomic E-state index is -3.66. The summed E-state index contributed by atoms with van der Waals surface area (Å²) >= 11 is 1.16. The quantitative estimate of drug-likeness (QED) is 0.661. The Hall–Kier alpha value is -2.28. The van der Waals surface area contributed by atoms with Gasteiger partial charge in [0.1, 0.15) is 16.1 Å². The van der Waals surface area contributed by atoms with Crippen LogP contribution in [0.5, 0.6) is 0 Å². The average molecular weight is 483 g/mol. The fourth-order valence-electron chi connectivity index (χ4n) is 3.65. The Bertz CT molecular complexity index is 1210. The van der Waals surface area contributed by atoms with E-state index in [4.69, 9.17) is 0 Å². The number of amides is 1. The minimum absolute atomic E-state index is 0.146. The number of piperidine rings is 1. The van der Waals surface area contributed by atoms with Crippen molar-refractivity contribution in [3.8, 4) is 0 Å². The molecule has 2 aromatic rings. The normalized spacial score (nSPS) is 20.9. The van der Waals surface area contributed by atoms with Crippen LogP contribution in [0, 0.1) is 0 Å². The fraction of sp³-hybridized carbons (Fsp3) is 0.368. The van der Waals surface area contributed by atoms with E-state index in [0.29, 0.717) is 31.5 Å².